The van der Waals surface area contributed by atoms with Gasteiger partial charge in [-0.1, -0.05) is 65.7 Å². The highest BCUT2D eigenvalue weighted by Crippen LogP contribution is 2.29. The number of halogens is 1. The van der Waals surface area contributed by atoms with Crippen LogP contribution in [-0.4, -0.2) is 20.9 Å². The fourth-order valence-corrected chi connectivity index (χ4v) is 4.87. The molecule has 0 aliphatic heterocycles. The minimum Gasteiger partial charge on any atom is -0.348 e. The van der Waals surface area contributed by atoms with Crippen LogP contribution in [0.4, 0.5) is 5.69 Å². The van der Waals surface area contributed by atoms with Crippen LogP contribution in [0.1, 0.15) is 29.7 Å². The van der Waals surface area contributed by atoms with Crippen LogP contribution in [0.5, 0.6) is 0 Å². The van der Waals surface area contributed by atoms with E-state index >= 15 is 0 Å². The van der Waals surface area contributed by atoms with E-state index < -0.39 is 15.9 Å². The van der Waals surface area contributed by atoms with Crippen molar-refractivity contribution in [3.05, 3.63) is 94.5 Å². The summed E-state index contributed by atoms with van der Waals surface area (Å²) in [5, 5.41) is 3.28. The maximum absolute atomic E-state index is 13.5. The van der Waals surface area contributed by atoms with Gasteiger partial charge in [-0.2, -0.15) is 0 Å². The molecule has 3 rings (SSSR count). The van der Waals surface area contributed by atoms with Crippen molar-refractivity contribution < 1.29 is 13.2 Å². The fourth-order valence-electron chi connectivity index (χ4n) is 3.23. The topological polar surface area (TPSA) is 66.5 Å². The molecule has 0 unspecified atom stereocenters. The van der Waals surface area contributed by atoms with E-state index in [4.69, 9.17) is 11.6 Å². The summed E-state index contributed by atoms with van der Waals surface area (Å²) in [6.45, 7) is 5.16. The first-order chi connectivity index (χ1) is 14.7. The van der Waals surface area contributed by atoms with E-state index in [2.05, 4.69) is 5.32 Å². The standard InChI is InChI=1S/C24H25ClN2O3S/c1-17-9-13-22(14-10-17)31(29,30)27(23-15-21(25)12-11-18(23)2)16-24(28)26-19(3)20-7-5-4-6-8-20/h4-15,19H,16H2,1-3H3,(H,26,28)/t19-/m0/s1. The van der Waals surface area contributed by atoms with Crippen LogP contribution in [0.2, 0.25) is 5.02 Å². The number of benzene rings is 3. The van der Waals surface area contributed by atoms with Gasteiger partial charge < -0.3 is 5.32 Å². The minimum atomic E-state index is -3.99. The molecule has 0 aliphatic carbocycles. The minimum absolute atomic E-state index is 0.112. The highest BCUT2D eigenvalue weighted by atomic mass is 35.5. The Morgan fingerprint density at radius 2 is 1.65 bits per heavy atom. The Labute approximate surface area is 188 Å². The third kappa shape index (κ3) is 5.46. The number of amides is 1. The van der Waals surface area contributed by atoms with Crippen LogP contribution in [0.15, 0.2) is 77.7 Å². The zero-order chi connectivity index (χ0) is 22.6. The first-order valence-electron chi connectivity index (χ1n) is 9.88. The molecule has 1 atom stereocenters. The molecule has 31 heavy (non-hydrogen) atoms. The zero-order valence-electron chi connectivity index (χ0n) is 17.7. The lowest BCUT2D eigenvalue weighted by Crippen LogP contribution is -2.42. The van der Waals surface area contributed by atoms with Crippen LogP contribution in [0, 0.1) is 13.8 Å². The number of nitrogens with one attached hydrogen (secondary N) is 1. The lowest BCUT2D eigenvalue weighted by Gasteiger charge is -2.26. The molecular formula is C24H25ClN2O3S. The molecule has 1 N–H and O–H groups in total. The van der Waals surface area contributed by atoms with Crippen molar-refractivity contribution in [1.82, 2.24) is 5.32 Å². The van der Waals surface area contributed by atoms with Gasteiger partial charge in [-0.3, -0.25) is 9.10 Å². The van der Waals surface area contributed by atoms with E-state index in [9.17, 15) is 13.2 Å². The molecule has 0 aromatic heterocycles. The van der Waals surface area contributed by atoms with Crippen LogP contribution in [0.25, 0.3) is 0 Å². The predicted molar refractivity (Wildman–Crippen MR) is 125 cm³/mol. The molecular weight excluding hydrogens is 432 g/mol. The highest BCUT2D eigenvalue weighted by molar-refractivity contribution is 7.92. The van der Waals surface area contributed by atoms with Gasteiger partial charge in [-0.05, 0) is 56.2 Å². The Morgan fingerprint density at radius 3 is 2.29 bits per heavy atom. The molecule has 0 bridgehead atoms. The van der Waals surface area contributed by atoms with Gasteiger partial charge in [0.2, 0.25) is 5.91 Å². The lowest BCUT2D eigenvalue weighted by molar-refractivity contribution is -0.120. The number of rotatable bonds is 7. The number of anilines is 1. The second-order valence-corrected chi connectivity index (χ2v) is 9.75. The second kappa shape index (κ2) is 9.54. The Hall–Kier alpha value is -2.83. The fraction of sp³-hybridized carbons (Fsp3) is 0.208. The van der Waals surface area contributed by atoms with Crippen molar-refractivity contribution in [2.24, 2.45) is 0 Å². The summed E-state index contributed by atoms with van der Waals surface area (Å²) in [4.78, 5) is 13.0. The van der Waals surface area contributed by atoms with E-state index in [0.29, 0.717) is 16.3 Å². The van der Waals surface area contributed by atoms with Crippen molar-refractivity contribution in [3.63, 3.8) is 0 Å². The van der Waals surface area contributed by atoms with Gasteiger partial charge in [0.25, 0.3) is 10.0 Å². The van der Waals surface area contributed by atoms with E-state index in [1.54, 1.807) is 49.4 Å². The largest absolute Gasteiger partial charge is 0.348 e. The molecule has 0 saturated carbocycles. The molecule has 0 spiro atoms. The molecule has 5 nitrogen and oxygen atoms in total. The normalized spacial score (nSPS) is 12.3. The summed E-state index contributed by atoms with van der Waals surface area (Å²) in [6, 6.07) is 20.8. The van der Waals surface area contributed by atoms with E-state index in [-0.39, 0.29) is 17.5 Å². The molecule has 3 aromatic carbocycles. The summed E-state index contributed by atoms with van der Waals surface area (Å²) in [5.41, 5.74) is 2.95. The van der Waals surface area contributed by atoms with Crippen molar-refractivity contribution in [2.75, 3.05) is 10.8 Å². The maximum atomic E-state index is 13.5. The van der Waals surface area contributed by atoms with Crippen LogP contribution in [0.3, 0.4) is 0 Å². The smallest absolute Gasteiger partial charge is 0.264 e. The van der Waals surface area contributed by atoms with Crippen LogP contribution < -0.4 is 9.62 Å². The lowest BCUT2D eigenvalue weighted by atomic mass is 10.1. The van der Waals surface area contributed by atoms with Crippen molar-refractivity contribution >= 4 is 33.2 Å². The summed E-state index contributed by atoms with van der Waals surface area (Å²) in [6.07, 6.45) is 0. The molecule has 0 saturated heterocycles. The van der Waals surface area contributed by atoms with Crippen LogP contribution in [-0.2, 0) is 14.8 Å². The summed E-state index contributed by atoms with van der Waals surface area (Å²) < 4.78 is 28.1. The van der Waals surface area contributed by atoms with E-state index in [0.717, 1.165) is 15.4 Å². The molecule has 0 aliphatic rings. The van der Waals surface area contributed by atoms with Gasteiger partial charge in [-0.25, -0.2) is 8.42 Å². The number of carbonyl (C=O) groups is 1. The number of hydrogen-bond donors (Lipinski definition) is 1. The van der Waals surface area contributed by atoms with Crippen molar-refractivity contribution in [1.29, 1.82) is 0 Å². The number of hydrogen-bond acceptors (Lipinski definition) is 3. The second-order valence-electron chi connectivity index (χ2n) is 7.46. The van der Waals surface area contributed by atoms with Crippen LogP contribution >= 0.6 is 11.6 Å². The quantitative estimate of drug-likeness (QED) is 0.542. The molecule has 1 amide bonds. The average Bonchev–Trinajstić information content (AvgIpc) is 2.74. The molecule has 0 heterocycles. The maximum Gasteiger partial charge on any atom is 0.264 e. The Balaban J connectivity index is 1.95. The Kier molecular flexibility index (Phi) is 7.03. The number of aryl methyl sites for hydroxylation is 2. The van der Waals surface area contributed by atoms with Gasteiger partial charge >= 0.3 is 0 Å². The van der Waals surface area contributed by atoms with Crippen molar-refractivity contribution in [2.45, 2.75) is 31.7 Å². The highest BCUT2D eigenvalue weighted by Gasteiger charge is 2.29. The monoisotopic (exact) mass is 456 g/mol. The average molecular weight is 457 g/mol. The zero-order valence-corrected chi connectivity index (χ0v) is 19.2. The summed E-state index contributed by atoms with van der Waals surface area (Å²) in [5.74, 6) is -0.411. The van der Waals surface area contributed by atoms with Gasteiger partial charge in [0, 0.05) is 5.02 Å². The first kappa shape index (κ1) is 22.8. The Morgan fingerprint density at radius 1 is 1.00 bits per heavy atom. The predicted octanol–water partition coefficient (Wildman–Crippen LogP) is 5.03. The third-order valence-electron chi connectivity index (χ3n) is 5.01. The number of sulfonamides is 1. The van der Waals surface area contributed by atoms with Gasteiger partial charge in [-0.15, -0.1) is 0 Å². The first-order valence-corrected chi connectivity index (χ1v) is 11.7. The van der Waals surface area contributed by atoms with E-state index in [1.807, 2.05) is 44.2 Å². The van der Waals surface area contributed by atoms with Crippen molar-refractivity contribution in [3.8, 4) is 0 Å². The van der Waals surface area contributed by atoms with E-state index in [1.165, 1.54) is 0 Å². The molecule has 162 valence electrons. The molecule has 7 heteroatoms. The van der Waals surface area contributed by atoms with Gasteiger partial charge in [0.15, 0.2) is 0 Å². The molecule has 3 aromatic rings. The molecule has 0 fully saturated rings. The summed E-state index contributed by atoms with van der Waals surface area (Å²) >= 11 is 6.16. The van der Waals surface area contributed by atoms with Gasteiger partial charge in [0.1, 0.15) is 6.54 Å². The van der Waals surface area contributed by atoms with Gasteiger partial charge in [0.05, 0.1) is 16.6 Å². The number of nitrogens with zero attached hydrogens (tertiary/aromatic N) is 1. The SMILES string of the molecule is Cc1ccc(S(=O)(=O)N(CC(=O)N[C@@H](C)c2ccccc2)c2cc(Cl)ccc2C)cc1. The molecule has 0 radical (unpaired) electrons. The summed E-state index contributed by atoms with van der Waals surface area (Å²) in [7, 11) is -3.99. The number of carbonyl (C=O) groups excluding carboxylic acids is 1. The third-order valence-corrected chi connectivity index (χ3v) is 7.02. The Bertz CT molecular complexity index is 1160.